The van der Waals surface area contributed by atoms with Crippen molar-refractivity contribution in [2.45, 2.75) is 25.4 Å². The van der Waals surface area contributed by atoms with E-state index in [-0.39, 0.29) is 12.0 Å². The van der Waals surface area contributed by atoms with Crippen LogP contribution in [0.4, 0.5) is 5.69 Å². The van der Waals surface area contributed by atoms with Gasteiger partial charge in [0.15, 0.2) is 0 Å². The summed E-state index contributed by atoms with van der Waals surface area (Å²) in [6, 6.07) is 8.80. The number of anilines is 1. The van der Waals surface area contributed by atoms with Crippen LogP contribution in [0.25, 0.3) is 0 Å². The van der Waals surface area contributed by atoms with Gasteiger partial charge in [-0.15, -0.1) is 0 Å². The molecular weight excluding hydrogens is 308 g/mol. The summed E-state index contributed by atoms with van der Waals surface area (Å²) in [7, 11) is 1.43. The average molecular weight is 327 g/mol. The third kappa shape index (κ3) is 3.70. The summed E-state index contributed by atoms with van der Waals surface area (Å²) in [5.74, 6) is -0.166. The second-order valence-electron chi connectivity index (χ2n) is 4.87. The first-order valence-corrected chi connectivity index (χ1v) is 7.22. The number of methoxy groups -OCH3 is 1. The fourth-order valence-electron chi connectivity index (χ4n) is 2.37. The zero-order valence-corrected chi connectivity index (χ0v) is 12.8. The van der Waals surface area contributed by atoms with Crippen LogP contribution in [0.2, 0.25) is 0 Å². The number of hydrogen-bond acceptors (Lipinski definition) is 4. The first-order chi connectivity index (χ1) is 9.10. The van der Waals surface area contributed by atoms with Gasteiger partial charge in [0.2, 0.25) is 0 Å². The molecule has 1 fully saturated rings. The minimum atomic E-state index is -0.166. The van der Waals surface area contributed by atoms with Crippen LogP contribution in [0.5, 0.6) is 0 Å². The zero-order chi connectivity index (χ0) is 13.8. The molecule has 104 valence electrons. The van der Waals surface area contributed by atoms with E-state index >= 15 is 0 Å². The SMILES string of the molecule is COC(=O)CC1CN(c2cccc(Br)c2)C(C)CN1. The molecule has 2 atom stereocenters. The lowest BCUT2D eigenvalue weighted by atomic mass is 10.1. The molecular formula is C14H19BrN2O2. The van der Waals surface area contributed by atoms with Crippen molar-refractivity contribution in [1.82, 2.24) is 5.32 Å². The van der Waals surface area contributed by atoms with E-state index in [1.807, 2.05) is 12.1 Å². The number of carbonyl (C=O) groups is 1. The van der Waals surface area contributed by atoms with Gasteiger partial charge in [-0.2, -0.15) is 0 Å². The van der Waals surface area contributed by atoms with Gasteiger partial charge in [-0.25, -0.2) is 0 Å². The van der Waals surface area contributed by atoms with Crippen LogP contribution < -0.4 is 10.2 Å². The van der Waals surface area contributed by atoms with Crippen LogP contribution in [-0.4, -0.2) is 38.3 Å². The Morgan fingerprint density at radius 2 is 2.37 bits per heavy atom. The minimum Gasteiger partial charge on any atom is -0.469 e. The topological polar surface area (TPSA) is 41.6 Å². The van der Waals surface area contributed by atoms with Crippen molar-refractivity contribution < 1.29 is 9.53 Å². The van der Waals surface area contributed by atoms with E-state index in [4.69, 9.17) is 4.74 Å². The number of carbonyl (C=O) groups excluding carboxylic acids is 1. The van der Waals surface area contributed by atoms with Gasteiger partial charge >= 0.3 is 5.97 Å². The molecule has 0 saturated carbocycles. The molecule has 1 saturated heterocycles. The molecule has 1 aromatic rings. The molecule has 4 nitrogen and oxygen atoms in total. The molecule has 2 unspecified atom stereocenters. The average Bonchev–Trinajstić information content (AvgIpc) is 2.40. The van der Waals surface area contributed by atoms with Crippen molar-refractivity contribution in [3.63, 3.8) is 0 Å². The van der Waals surface area contributed by atoms with Crippen LogP contribution in [0, 0.1) is 0 Å². The van der Waals surface area contributed by atoms with Gasteiger partial charge in [0, 0.05) is 35.3 Å². The van der Waals surface area contributed by atoms with E-state index in [9.17, 15) is 4.79 Å². The van der Waals surface area contributed by atoms with E-state index in [1.54, 1.807) is 0 Å². The van der Waals surface area contributed by atoms with Crippen LogP contribution in [0.1, 0.15) is 13.3 Å². The Morgan fingerprint density at radius 3 is 3.05 bits per heavy atom. The highest BCUT2D eigenvalue weighted by atomic mass is 79.9. The summed E-state index contributed by atoms with van der Waals surface area (Å²) < 4.78 is 5.80. The number of halogens is 1. The highest BCUT2D eigenvalue weighted by Crippen LogP contribution is 2.24. The number of ether oxygens (including phenoxy) is 1. The number of benzene rings is 1. The highest BCUT2D eigenvalue weighted by Gasteiger charge is 2.26. The molecule has 1 N–H and O–H groups in total. The van der Waals surface area contributed by atoms with Gasteiger partial charge < -0.3 is 15.0 Å². The number of nitrogens with zero attached hydrogens (tertiary/aromatic N) is 1. The highest BCUT2D eigenvalue weighted by molar-refractivity contribution is 9.10. The maximum atomic E-state index is 11.4. The minimum absolute atomic E-state index is 0.141. The predicted molar refractivity (Wildman–Crippen MR) is 79.4 cm³/mol. The predicted octanol–water partition coefficient (Wildman–Crippen LogP) is 2.18. The van der Waals surface area contributed by atoms with Crippen molar-refractivity contribution >= 4 is 27.6 Å². The summed E-state index contributed by atoms with van der Waals surface area (Å²) in [5, 5.41) is 3.39. The number of piperazine rings is 1. The van der Waals surface area contributed by atoms with E-state index in [2.05, 4.69) is 45.2 Å². The molecule has 0 radical (unpaired) electrons. The normalized spacial score (nSPS) is 23.2. The Balaban J connectivity index is 2.08. The van der Waals surface area contributed by atoms with Crippen LogP contribution >= 0.6 is 15.9 Å². The maximum absolute atomic E-state index is 11.4. The summed E-state index contributed by atoms with van der Waals surface area (Å²) in [6.07, 6.45) is 0.410. The van der Waals surface area contributed by atoms with Gasteiger partial charge in [-0.1, -0.05) is 22.0 Å². The Hall–Kier alpha value is -1.07. The Kier molecular flexibility index (Phi) is 4.82. The lowest BCUT2D eigenvalue weighted by molar-refractivity contribution is -0.141. The van der Waals surface area contributed by atoms with Gasteiger partial charge in [-0.05, 0) is 25.1 Å². The molecule has 2 rings (SSSR count). The van der Waals surface area contributed by atoms with Gasteiger partial charge in [0.25, 0.3) is 0 Å². The van der Waals surface area contributed by atoms with E-state index < -0.39 is 0 Å². The molecule has 1 heterocycles. The summed E-state index contributed by atoms with van der Waals surface area (Å²) in [6.45, 7) is 3.86. The quantitative estimate of drug-likeness (QED) is 0.864. The van der Waals surface area contributed by atoms with Crippen molar-refractivity contribution in [3.8, 4) is 0 Å². The van der Waals surface area contributed by atoms with Gasteiger partial charge in [0.1, 0.15) is 0 Å². The third-order valence-electron chi connectivity index (χ3n) is 3.43. The molecule has 0 aliphatic carbocycles. The molecule has 19 heavy (non-hydrogen) atoms. The van der Waals surface area contributed by atoms with E-state index in [0.717, 1.165) is 17.6 Å². The largest absolute Gasteiger partial charge is 0.469 e. The van der Waals surface area contributed by atoms with Crippen molar-refractivity contribution in [1.29, 1.82) is 0 Å². The fourth-order valence-corrected chi connectivity index (χ4v) is 2.75. The monoisotopic (exact) mass is 326 g/mol. The first kappa shape index (κ1) is 14.3. The smallest absolute Gasteiger partial charge is 0.307 e. The van der Waals surface area contributed by atoms with Crippen molar-refractivity contribution in [2.24, 2.45) is 0 Å². The molecule has 0 bridgehead atoms. The Bertz CT molecular complexity index is 453. The summed E-state index contributed by atoms with van der Waals surface area (Å²) in [4.78, 5) is 13.7. The van der Waals surface area contributed by atoms with E-state index in [0.29, 0.717) is 12.5 Å². The summed E-state index contributed by atoms with van der Waals surface area (Å²) >= 11 is 3.50. The molecule has 0 aromatic heterocycles. The standard InChI is InChI=1S/C14H19BrN2O2/c1-10-8-16-12(7-14(18)19-2)9-17(10)13-5-3-4-11(15)6-13/h3-6,10,12,16H,7-9H2,1-2H3. The van der Waals surface area contributed by atoms with Crippen molar-refractivity contribution in [3.05, 3.63) is 28.7 Å². The zero-order valence-electron chi connectivity index (χ0n) is 11.2. The molecule has 0 amide bonds. The van der Waals surface area contributed by atoms with Crippen molar-refractivity contribution in [2.75, 3.05) is 25.1 Å². The van der Waals surface area contributed by atoms with Gasteiger partial charge in [0.05, 0.1) is 13.5 Å². The lowest BCUT2D eigenvalue weighted by Gasteiger charge is -2.40. The molecule has 1 aliphatic heterocycles. The summed E-state index contributed by atoms with van der Waals surface area (Å²) in [5.41, 5.74) is 1.18. The van der Waals surface area contributed by atoms with Crippen LogP contribution in [-0.2, 0) is 9.53 Å². The second-order valence-corrected chi connectivity index (χ2v) is 5.78. The molecule has 1 aromatic carbocycles. The fraction of sp³-hybridized carbons (Fsp3) is 0.500. The first-order valence-electron chi connectivity index (χ1n) is 6.42. The third-order valence-corrected chi connectivity index (χ3v) is 3.92. The molecule has 1 aliphatic rings. The maximum Gasteiger partial charge on any atom is 0.307 e. The number of esters is 1. The van der Waals surface area contributed by atoms with Crippen LogP contribution in [0.3, 0.4) is 0 Å². The Morgan fingerprint density at radius 1 is 1.58 bits per heavy atom. The number of nitrogens with one attached hydrogen (secondary N) is 1. The second kappa shape index (κ2) is 6.39. The lowest BCUT2D eigenvalue weighted by Crippen LogP contribution is -2.56. The number of hydrogen-bond donors (Lipinski definition) is 1. The van der Waals surface area contributed by atoms with Gasteiger partial charge in [-0.3, -0.25) is 4.79 Å². The number of rotatable bonds is 3. The molecule has 5 heteroatoms. The van der Waals surface area contributed by atoms with Crippen LogP contribution in [0.15, 0.2) is 28.7 Å². The molecule has 0 spiro atoms. The Labute approximate surface area is 122 Å². The van der Waals surface area contributed by atoms with E-state index in [1.165, 1.54) is 12.8 Å².